The van der Waals surface area contributed by atoms with Crippen molar-refractivity contribution in [1.29, 1.82) is 0 Å². The minimum atomic E-state index is 0.581. The summed E-state index contributed by atoms with van der Waals surface area (Å²) in [7, 11) is 2.17. The summed E-state index contributed by atoms with van der Waals surface area (Å²) in [4.78, 5) is 10.5. The molecule has 16 heavy (non-hydrogen) atoms. The van der Waals surface area contributed by atoms with Gasteiger partial charge in [-0.2, -0.15) is 0 Å². The van der Waals surface area contributed by atoms with E-state index in [1.54, 1.807) is 0 Å². The van der Waals surface area contributed by atoms with Crippen molar-refractivity contribution in [1.82, 2.24) is 14.9 Å². The Labute approximate surface area is 95.5 Å². The van der Waals surface area contributed by atoms with Gasteiger partial charge in [-0.3, -0.25) is 0 Å². The first-order valence-corrected chi connectivity index (χ1v) is 5.87. The van der Waals surface area contributed by atoms with Crippen LogP contribution in [0.15, 0.2) is 18.2 Å². The summed E-state index contributed by atoms with van der Waals surface area (Å²) in [5.74, 6) is 1.74. The molecule has 0 saturated carbocycles. The van der Waals surface area contributed by atoms with Crippen LogP contribution < -0.4 is 0 Å². The Balaban J connectivity index is 1.99. The molecule has 0 spiro atoms. The molecule has 0 radical (unpaired) electrons. The molecule has 1 aromatic carbocycles. The smallest absolute Gasteiger partial charge is 0.111 e. The van der Waals surface area contributed by atoms with Crippen LogP contribution in [0, 0.1) is 6.92 Å². The average Bonchev–Trinajstić information content (AvgIpc) is 2.83. The van der Waals surface area contributed by atoms with E-state index in [0.29, 0.717) is 5.92 Å². The summed E-state index contributed by atoms with van der Waals surface area (Å²) in [6, 6.07) is 6.39. The second-order valence-electron chi connectivity index (χ2n) is 4.89. The second kappa shape index (κ2) is 3.59. The molecule has 1 atom stereocenters. The molecule has 1 N–H and O–H groups in total. The third-order valence-corrected chi connectivity index (χ3v) is 3.43. The van der Waals surface area contributed by atoms with E-state index < -0.39 is 0 Å². The normalized spacial score (nSPS) is 22.0. The third-order valence-electron chi connectivity index (χ3n) is 3.43. The SMILES string of the molecule is Cc1ccc2nc(C3CCN(C)C3)[nH]c2c1. The first kappa shape index (κ1) is 9.85. The second-order valence-corrected chi connectivity index (χ2v) is 4.89. The van der Waals surface area contributed by atoms with Crippen LogP contribution in [0.25, 0.3) is 11.0 Å². The lowest BCUT2D eigenvalue weighted by Gasteiger charge is -2.06. The summed E-state index contributed by atoms with van der Waals surface area (Å²) >= 11 is 0. The number of hydrogen-bond acceptors (Lipinski definition) is 2. The third kappa shape index (κ3) is 1.61. The molecule has 2 aromatic rings. The van der Waals surface area contributed by atoms with Gasteiger partial charge in [-0.25, -0.2) is 4.98 Å². The number of fused-ring (bicyclic) bond motifs is 1. The minimum Gasteiger partial charge on any atom is -0.342 e. The maximum Gasteiger partial charge on any atom is 0.111 e. The van der Waals surface area contributed by atoms with Crippen LogP contribution in [0.2, 0.25) is 0 Å². The molecule has 1 aromatic heterocycles. The van der Waals surface area contributed by atoms with Crippen molar-refractivity contribution in [2.75, 3.05) is 20.1 Å². The lowest BCUT2D eigenvalue weighted by Crippen LogP contribution is -2.13. The fraction of sp³-hybridized carbons (Fsp3) is 0.462. The first-order valence-electron chi connectivity index (χ1n) is 5.87. The van der Waals surface area contributed by atoms with Gasteiger partial charge < -0.3 is 9.88 Å². The van der Waals surface area contributed by atoms with E-state index in [0.717, 1.165) is 17.9 Å². The van der Waals surface area contributed by atoms with E-state index in [9.17, 15) is 0 Å². The minimum absolute atomic E-state index is 0.581. The molecule has 1 unspecified atom stereocenters. The zero-order valence-corrected chi connectivity index (χ0v) is 9.83. The highest BCUT2D eigenvalue weighted by atomic mass is 15.1. The summed E-state index contributed by atoms with van der Waals surface area (Å²) in [6.07, 6.45) is 1.22. The van der Waals surface area contributed by atoms with Crippen molar-refractivity contribution in [2.45, 2.75) is 19.3 Å². The standard InChI is InChI=1S/C13H17N3/c1-9-3-4-11-12(7-9)15-13(14-11)10-5-6-16(2)8-10/h3-4,7,10H,5-6,8H2,1-2H3,(H,14,15). The molecule has 1 saturated heterocycles. The predicted octanol–water partition coefficient (Wildman–Crippen LogP) is 2.29. The zero-order chi connectivity index (χ0) is 11.1. The number of likely N-dealkylation sites (tertiary alicyclic amines) is 1. The summed E-state index contributed by atoms with van der Waals surface area (Å²) in [5.41, 5.74) is 3.55. The Morgan fingerprint density at radius 2 is 2.31 bits per heavy atom. The molecule has 3 heteroatoms. The fourth-order valence-corrected chi connectivity index (χ4v) is 2.49. The van der Waals surface area contributed by atoms with Crippen molar-refractivity contribution in [2.24, 2.45) is 0 Å². The van der Waals surface area contributed by atoms with Gasteiger partial charge in [-0.1, -0.05) is 6.07 Å². The molecule has 2 heterocycles. The summed E-state index contributed by atoms with van der Waals surface area (Å²) in [6.45, 7) is 4.42. The van der Waals surface area contributed by atoms with Gasteiger partial charge in [0.25, 0.3) is 0 Å². The largest absolute Gasteiger partial charge is 0.342 e. The van der Waals surface area contributed by atoms with Gasteiger partial charge in [0.1, 0.15) is 5.82 Å². The molecule has 3 rings (SSSR count). The Hall–Kier alpha value is -1.35. The topological polar surface area (TPSA) is 31.9 Å². The Morgan fingerprint density at radius 3 is 3.06 bits per heavy atom. The van der Waals surface area contributed by atoms with Gasteiger partial charge >= 0.3 is 0 Å². The van der Waals surface area contributed by atoms with E-state index in [1.807, 2.05) is 0 Å². The van der Waals surface area contributed by atoms with E-state index in [4.69, 9.17) is 0 Å². The molecule has 1 fully saturated rings. The van der Waals surface area contributed by atoms with Gasteiger partial charge in [0.05, 0.1) is 11.0 Å². The maximum absolute atomic E-state index is 4.69. The number of imidazole rings is 1. The van der Waals surface area contributed by atoms with Gasteiger partial charge in [0.2, 0.25) is 0 Å². The number of nitrogens with one attached hydrogen (secondary N) is 1. The number of rotatable bonds is 1. The van der Waals surface area contributed by atoms with Crippen molar-refractivity contribution in [3.8, 4) is 0 Å². The lowest BCUT2D eigenvalue weighted by atomic mass is 10.1. The quantitative estimate of drug-likeness (QED) is 0.791. The van der Waals surface area contributed by atoms with E-state index in [-0.39, 0.29) is 0 Å². The maximum atomic E-state index is 4.69. The number of benzene rings is 1. The Morgan fingerprint density at radius 1 is 1.44 bits per heavy atom. The molecule has 3 nitrogen and oxygen atoms in total. The van der Waals surface area contributed by atoms with Crippen LogP contribution in [-0.2, 0) is 0 Å². The molecule has 0 amide bonds. The number of aromatic amines is 1. The van der Waals surface area contributed by atoms with E-state index in [2.05, 4.69) is 47.0 Å². The van der Waals surface area contributed by atoms with Crippen LogP contribution in [0.5, 0.6) is 0 Å². The van der Waals surface area contributed by atoms with Gasteiger partial charge in [-0.05, 0) is 44.6 Å². The van der Waals surface area contributed by atoms with Crippen LogP contribution in [0.4, 0.5) is 0 Å². The number of hydrogen-bond donors (Lipinski definition) is 1. The number of aryl methyl sites for hydroxylation is 1. The van der Waals surface area contributed by atoms with Gasteiger partial charge in [0.15, 0.2) is 0 Å². The lowest BCUT2D eigenvalue weighted by molar-refractivity contribution is 0.410. The van der Waals surface area contributed by atoms with Crippen molar-refractivity contribution >= 4 is 11.0 Å². The molecule has 0 aliphatic carbocycles. The molecule has 84 valence electrons. The molecular formula is C13H17N3. The van der Waals surface area contributed by atoms with Gasteiger partial charge in [-0.15, -0.1) is 0 Å². The van der Waals surface area contributed by atoms with Gasteiger partial charge in [0, 0.05) is 12.5 Å². The highest BCUT2D eigenvalue weighted by Gasteiger charge is 2.23. The number of nitrogens with zero attached hydrogens (tertiary/aromatic N) is 2. The highest BCUT2D eigenvalue weighted by molar-refractivity contribution is 5.75. The highest BCUT2D eigenvalue weighted by Crippen LogP contribution is 2.26. The Kier molecular flexibility index (Phi) is 2.21. The average molecular weight is 215 g/mol. The monoisotopic (exact) mass is 215 g/mol. The molecule has 1 aliphatic heterocycles. The summed E-state index contributed by atoms with van der Waals surface area (Å²) < 4.78 is 0. The van der Waals surface area contributed by atoms with E-state index in [1.165, 1.54) is 24.0 Å². The number of H-pyrrole nitrogens is 1. The van der Waals surface area contributed by atoms with Crippen LogP contribution in [0.1, 0.15) is 23.7 Å². The predicted molar refractivity (Wildman–Crippen MR) is 65.7 cm³/mol. The van der Waals surface area contributed by atoms with Crippen molar-refractivity contribution in [3.05, 3.63) is 29.6 Å². The molecule has 1 aliphatic rings. The first-order chi connectivity index (χ1) is 7.72. The van der Waals surface area contributed by atoms with Crippen molar-refractivity contribution < 1.29 is 0 Å². The summed E-state index contributed by atoms with van der Waals surface area (Å²) in [5, 5.41) is 0. The molecule has 0 bridgehead atoms. The van der Waals surface area contributed by atoms with E-state index >= 15 is 0 Å². The fourth-order valence-electron chi connectivity index (χ4n) is 2.49. The van der Waals surface area contributed by atoms with Crippen LogP contribution >= 0.6 is 0 Å². The van der Waals surface area contributed by atoms with Crippen molar-refractivity contribution in [3.63, 3.8) is 0 Å². The van der Waals surface area contributed by atoms with Crippen LogP contribution in [-0.4, -0.2) is 35.0 Å². The number of aromatic nitrogens is 2. The molecular weight excluding hydrogens is 198 g/mol. The van der Waals surface area contributed by atoms with Crippen LogP contribution in [0.3, 0.4) is 0 Å². The Bertz CT molecular complexity index is 515. The number of likely N-dealkylation sites (N-methyl/N-ethyl adjacent to an activating group) is 1. The zero-order valence-electron chi connectivity index (χ0n) is 9.83.